The lowest BCUT2D eigenvalue weighted by molar-refractivity contribution is 0.109. The fourth-order valence-corrected chi connectivity index (χ4v) is 3.55. The first-order valence-electron chi connectivity index (χ1n) is 10.2. The van der Waals surface area contributed by atoms with Crippen LogP contribution in [0.1, 0.15) is 33.3 Å². The van der Waals surface area contributed by atoms with E-state index in [0.717, 1.165) is 10.8 Å². The van der Waals surface area contributed by atoms with Gasteiger partial charge in [-0.25, -0.2) is 9.59 Å². The predicted octanol–water partition coefficient (Wildman–Crippen LogP) is 5.09. The molecular weight excluding hydrogens is 396 g/mol. The van der Waals surface area contributed by atoms with Crippen LogP contribution in [0.4, 0.5) is 0 Å². The van der Waals surface area contributed by atoms with Crippen LogP contribution in [-0.2, 0) is 6.42 Å². The highest BCUT2D eigenvalue weighted by Crippen LogP contribution is 2.29. The molecule has 4 rings (SSSR count). The van der Waals surface area contributed by atoms with E-state index < -0.39 is 16.9 Å². The van der Waals surface area contributed by atoms with Crippen LogP contribution in [-0.4, -0.2) is 11.7 Å². The van der Waals surface area contributed by atoms with Crippen molar-refractivity contribution in [3.05, 3.63) is 81.0 Å². The summed E-state index contributed by atoms with van der Waals surface area (Å²) < 4.78 is 22.8. The molecule has 0 amide bonds. The fourth-order valence-electron chi connectivity index (χ4n) is 3.55. The van der Waals surface area contributed by atoms with Crippen LogP contribution in [0, 0.1) is 0 Å². The zero-order valence-electron chi connectivity index (χ0n) is 17.9. The quantitative estimate of drug-likeness (QED) is 0.405. The summed E-state index contributed by atoms with van der Waals surface area (Å²) in [5, 5.41) is 1.55. The van der Waals surface area contributed by atoms with Crippen LogP contribution in [0.5, 0.6) is 11.5 Å². The van der Waals surface area contributed by atoms with Crippen molar-refractivity contribution in [3.63, 3.8) is 0 Å². The topological polar surface area (TPSA) is 78.9 Å². The third kappa shape index (κ3) is 4.63. The zero-order chi connectivity index (χ0) is 22.2. The Morgan fingerprint density at radius 3 is 2.48 bits per heavy atom. The van der Waals surface area contributed by atoms with E-state index in [1.165, 1.54) is 6.07 Å². The van der Waals surface area contributed by atoms with Crippen molar-refractivity contribution in [1.29, 1.82) is 0 Å². The van der Waals surface area contributed by atoms with Crippen molar-refractivity contribution < 1.29 is 18.3 Å². The van der Waals surface area contributed by atoms with Gasteiger partial charge in [-0.05, 0) is 64.1 Å². The maximum atomic E-state index is 12.6. The smallest absolute Gasteiger partial charge is 0.339 e. The van der Waals surface area contributed by atoms with Gasteiger partial charge in [-0.3, -0.25) is 0 Å². The molecule has 6 nitrogen and oxygen atoms in total. The Bertz CT molecular complexity index is 1360. The van der Waals surface area contributed by atoms with Gasteiger partial charge in [-0.2, -0.15) is 0 Å². The standard InChI is InChI=1S/C25H24O6/c1-15(2)28-20-6-5-7-21-19(20)12-17(24(27)30-21)14-25(3,4)31-18-10-8-16-9-11-23(26)29-22(16)13-18/h5-13,15H,14H2,1-4H3. The summed E-state index contributed by atoms with van der Waals surface area (Å²) in [6.07, 6.45) is 0.312. The molecule has 160 valence electrons. The third-order valence-electron chi connectivity index (χ3n) is 4.78. The number of hydrogen-bond donors (Lipinski definition) is 0. The van der Waals surface area contributed by atoms with Crippen LogP contribution < -0.4 is 20.7 Å². The number of benzene rings is 2. The second-order valence-electron chi connectivity index (χ2n) is 8.39. The van der Waals surface area contributed by atoms with Crippen molar-refractivity contribution in [2.24, 2.45) is 0 Å². The first kappa shape index (κ1) is 20.7. The van der Waals surface area contributed by atoms with Crippen LogP contribution in [0.3, 0.4) is 0 Å². The highest BCUT2D eigenvalue weighted by atomic mass is 16.5. The number of rotatable bonds is 6. The molecule has 0 saturated carbocycles. The maximum Gasteiger partial charge on any atom is 0.339 e. The lowest BCUT2D eigenvalue weighted by atomic mass is 9.98. The molecule has 0 aliphatic rings. The minimum Gasteiger partial charge on any atom is -0.490 e. The Kier molecular flexibility index (Phi) is 5.31. The second-order valence-corrected chi connectivity index (χ2v) is 8.39. The lowest BCUT2D eigenvalue weighted by Crippen LogP contribution is -2.33. The van der Waals surface area contributed by atoms with E-state index in [0.29, 0.717) is 34.6 Å². The monoisotopic (exact) mass is 420 g/mol. The molecule has 6 heteroatoms. The number of hydrogen-bond acceptors (Lipinski definition) is 6. The Balaban J connectivity index is 1.65. The molecule has 2 aromatic carbocycles. The average Bonchev–Trinajstić information content (AvgIpc) is 2.68. The molecule has 0 aliphatic heterocycles. The molecular formula is C25H24O6. The Morgan fingerprint density at radius 2 is 1.71 bits per heavy atom. The first-order valence-corrected chi connectivity index (χ1v) is 10.2. The van der Waals surface area contributed by atoms with Gasteiger partial charge < -0.3 is 18.3 Å². The summed E-state index contributed by atoms with van der Waals surface area (Å²) in [4.78, 5) is 24.1. The Labute approximate surface area is 179 Å². The van der Waals surface area contributed by atoms with E-state index in [1.54, 1.807) is 24.3 Å². The summed E-state index contributed by atoms with van der Waals surface area (Å²) >= 11 is 0. The van der Waals surface area contributed by atoms with Crippen LogP contribution in [0.25, 0.3) is 21.9 Å². The molecule has 2 heterocycles. The molecule has 0 aliphatic carbocycles. The summed E-state index contributed by atoms with van der Waals surface area (Å²) in [5.41, 5.74) is -0.132. The molecule has 0 fully saturated rings. The molecule has 31 heavy (non-hydrogen) atoms. The van der Waals surface area contributed by atoms with Gasteiger partial charge >= 0.3 is 11.3 Å². The largest absolute Gasteiger partial charge is 0.490 e. The summed E-state index contributed by atoms with van der Waals surface area (Å²) in [6, 6.07) is 15.6. The van der Waals surface area contributed by atoms with Crippen molar-refractivity contribution in [1.82, 2.24) is 0 Å². The van der Waals surface area contributed by atoms with Gasteiger partial charge in [0.05, 0.1) is 11.5 Å². The van der Waals surface area contributed by atoms with Crippen LogP contribution in [0.15, 0.2) is 73.0 Å². The zero-order valence-corrected chi connectivity index (χ0v) is 17.9. The van der Waals surface area contributed by atoms with Gasteiger partial charge in [0.15, 0.2) is 0 Å². The van der Waals surface area contributed by atoms with E-state index in [1.807, 2.05) is 52.0 Å². The SMILES string of the molecule is CC(C)Oc1cccc2oc(=O)c(CC(C)(C)Oc3ccc4ccc(=O)oc4c3)cc12. The lowest BCUT2D eigenvalue weighted by Gasteiger charge is -2.26. The number of ether oxygens (including phenoxy) is 2. The van der Waals surface area contributed by atoms with Gasteiger partial charge in [-0.15, -0.1) is 0 Å². The molecule has 0 unspecified atom stereocenters. The third-order valence-corrected chi connectivity index (χ3v) is 4.78. The van der Waals surface area contributed by atoms with Gasteiger partial charge in [0.2, 0.25) is 0 Å². The van der Waals surface area contributed by atoms with Crippen molar-refractivity contribution in [2.45, 2.75) is 45.8 Å². The van der Waals surface area contributed by atoms with Gasteiger partial charge in [0, 0.05) is 29.5 Å². The maximum absolute atomic E-state index is 12.6. The average molecular weight is 420 g/mol. The summed E-state index contributed by atoms with van der Waals surface area (Å²) in [6.45, 7) is 7.67. The van der Waals surface area contributed by atoms with Crippen LogP contribution in [0.2, 0.25) is 0 Å². The van der Waals surface area contributed by atoms with E-state index in [4.69, 9.17) is 18.3 Å². The summed E-state index contributed by atoms with van der Waals surface area (Å²) in [5.74, 6) is 1.21. The van der Waals surface area contributed by atoms with Gasteiger partial charge in [0.1, 0.15) is 28.3 Å². The van der Waals surface area contributed by atoms with Crippen molar-refractivity contribution in [3.8, 4) is 11.5 Å². The molecule has 0 saturated heterocycles. The van der Waals surface area contributed by atoms with Crippen molar-refractivity contribution in [2.75, 3.05) is 0 Å². The molecule has 0 atom stereocenters. The van der Waals surface area contributed by atoms with Gasteiger partial charge in [0.25, 0.3) is 0 Å². The van der Waals surface area contributed by atoms with Crippen molar-refractivity contribution >= 4 is 21.9 Å². The second kappa shape index (κ2) is 7.95. The van der Waals surface area contributed by atoms with Gasteiger partial charge in [-0.1, -0.05) is 6.07 Å². The molecule has 2 aromatic heterocycles. The molecule has 4 aromatic rings. The highest BCUT2D eigenvalue weighted by molar-refractivity contribution is 5.84. The molecule has 0 radical (unpaired) electrons. The number of fused-ring (bicyclic) bond motifs is 2. The van der Waals surface area contributed by atoms with E-state index in [9.17, 15) is 9.59 Å². The minimum atomic E-state index is -0.723. The molecule has 0 bridgehead atoms. The summed E-state index contributed by atoms with van der Waals surface area (Å²) in [7, 11) is 0. The minimum absolute atomic E-state index is 0.00583. The normalized spacial score (nSPS) is 11.9. The van der Waals surface area contributed by atoms with E-state index >= 15 is 0 Å². The first-order chi connectivity index (χ1) is 14.7. The predicted molar refractivity (Wildman–Crippen MR) is 119 cm³/mol. The fraction of sp³-hybridized carbons (Fsp3) is 0.280. The van der Waals surface area contributed by atoms with Crippen LogP contribution >= 0.6 is 0 Å². The Morgan fingerprint density at radius 1 is 0.935 bits per heavy atom. The molecule has 0 N–H and O–H groups in total. The molecule has 0 spiro atoms. The Hall–Kier alpha value is -3.54. The van der Waals surface area contributed by atoms with E-state index in [-0.39, 0.29) is 6.10 Å². The highest BCUT2D eigenvalue weighted by Gasteiger charge is 2.24. The van der Waals surface area contributed by atoms with E-state index in [2.05, 4.69) is 0 Å².